The number of hydrogen-bond acceptors (Lipinski definition) is 4. The van der Waals surface area contributed by atoms with E-state index in [1.165, 1.54) is 12.1 Å². The summed E-state index contributed by atoms with van der Waals surface area (Å²) in [6.45, 7) is 1.32. The molecule has 1 amide bonds. The van der Waals surface area contributed by atoms with E-state index >= 15 is 0 Å². The lowest BCUT2D eigenvalue weighted by atomic mass is 9.92. The van der Waals surface area contributed by atoms with Gasteiger partial charge in [0, 0.05) is 16.9 Å². The van der Waals surface area contributed by atoms with E-state index < -0.39 is 17.2 Å². The van der Waals surface area contributed by atoms with Crippen LogP contribution in [0, 0.1) is 17.6 Å². The fourth-order valence-corrected chi connectivity index (χ4v) is 3.78. The number of halogens is 2. The van der Waals surface area contributed by atoms with Crippen molar-refractivity contribution in [2.75, 3.05) is 13.2 Å². The highest BCUT2D eigenvalue weighted by molar-refractivity contribution is 5.83. The van der Waals surface area contributed by atoms with E-state index in [9.17, 15) is 18.4 Å². The van der Waals surface area contributed by atoms with E-state index in [2.05, 4.69) is 15.6 Å². The fraction of sp³-hybridized carbons (Fsp3) is 0.444. The predicted molar refractivity (Wildman–Crippen MR) is 90.6 cm³/mol. The fourth-order valence-electron chi connectivity index (χ4n) is 3.78. The number of piperidine rings is 1. The van der Waals surface area contributed by atoms with Gasteiger partial charge in [-0.3, -0.25) is 14.9 Å². The van der Waals surface area contributed by atoms with Gasteiger partial charge in [0.05, 0.1) is 24.6 Å². The highest BCUT2D eigenvalue weighted by Crippen LogP contribution is 2.27. The standard InChI is InChI=1S/C18H19F2N3O3/c19-12-3-4-13-11(16(12)20)6-9(17(25)23-13)7-15(24)22-14-8-26-18-10(14)2-1-5-21-18/h3-4,6,10,14,18,21H,1-2,5,7-8H2,(H,22,24)(H,23,25)/t10?,14-,18?/m1/s1. The molecule has 0 spiro atoms. The zero-order valence-corrected chi connectivity index (χ0v) is 14.0. The molecule has 2 aromatic rings. The summed E-state index contributed by atoms with van der Waals surface area (Å²) >= 11 is 0. The van der Waals surface area contributed by atoms with E-state index in [4.69, 9.17) is 4.74 Å². The van der Waals surface area contributed by atoms with Crippen LogP contribution in [0.5, 0.6) is 0 Å². The maximum Gasteiger partial charge on any atom is 0.252 e. The van der Waals surface area contributed by atoms with Gasteiger partial charge in [0.15, 0.2) is 11.6 Å². The summed E-state index contributed by atoms with van der Waals surface area (Å²) in [4.78, 5) is 27.0. The highest BCUT2D eigenvalue weighted by Gasteiger charge is 2.39. The maximum absolute atomic E-state index is 13.9. The van der Waals surface area contributed by atoms with Crippen molar-refractivity contribution in [3.63, 3.8) is 0 Å². The lowest BCUT2D eigenvalue weighted by Gasteiger charge is -2.28. The van der Waals surface area contributed by atoms with E-state index in [1.807, 2.05) is 0 Å². The van der Waals surface area contributed by atoms with E-state index in [0.717, 1.165) is 25.5 Å². The minimum Gasteiger partial charge on any atom is -0.361 e. The van der Waals surface area contributed by atoms with Crippen LogP contribution in [0.2, 0.25) is 0 Å². The van der Waals surface area contributed by atoms with Crippen LogP contribution in [0.1, 0.15) is 18.4 Å². The van der Waals surface area contributed by atoms with Crippen LogP contribution >= 0.6 is 0 Å². The van der Waals surface area contributed by atoms with Gasteiger partial charge in [0.1, 0.15) is 6.23 Å². The van der Waals surface area contributed by atoms with Crippen molar-refractivity contribution in [1.82, 2.24) is 15.6 Å². The van der Waals surface area contributed by atoms with Crippen molar-refractivity contribution >= 4 is 16.8 Å². The van der Waals surface area contributed by atoms with Crippen molar-refractivity contribution in [2.24, 2.45) is 5.92 Å². The van der Waals surface area contributed by atoms with Crippen molar-refractivity contribution in [3.05, 3.63) is 45.8 Å². The normalized spacial score (nSPS) is 25.2. The van der Waals surface area contributed by atoms with Gasteiger partial charge in [-0.15, -0.1) is 0 Å². The number of rotatable bonds is 3. The molecule has 0 aliphatic carbocycles. The molecule has 2 saturated heterocycles. The summed E-state index contributed by atoms with van der Waals surface area (Å²) in [7, 11) is 0. The summed E-state index contributed by atoms with van der Waals surface area (Å²) in [6.07, 6.45) is 1.73. The second-order valence-electron chi connectivity index (χ2n) is 6.81. The number of pyridine rings is 1. The minimum absolute atomic E-state index is 0.0461. The first kappa shape index (κ1) is 17.1. The van der Waals surface area contributed by atoms with Crippen LogP contribution in [-0.4, -0.2) is 36.3 Å². The van der Waals surface area contributed by atoms with Crippen molar-refractivity contribution < 1.29 is 18.3 Å². The number of carbonyl (C=O) groups excluding carboxylic acids is 1. The number of aromatic nitrogens is 1. The lowest BCUT2D eigenvalue weighted by molar-refractivity contribution is -0.121. The zero-order chi connectivity index (χ0) is 18.3. The number of H-pyrrole nitrogens is 1. The monoisotopic (exact) mass is 363 g/mol. The Morgan fingerprint density at radius 3 is 3.04 bits per heavy atom. The van der Waals surface area contributed by atoms with Gasteiger partial charge in [-0.05, 0) is 37.6 Å². The van der Waals surface area contributed by atoms with Gasteiger partial charge in [-0.2, -0.15) is 0 Å². The summed E-state index contributed by atoms with van der Waals surface area (Å²) < 4.78 is 33.0. The van der Waals surface area contributed by atoms with Crippen molar-refractivity contribution in [1.29, 1.82) is 0 Å². The molecule has 138 valence electrons. The molecule has 3 heterocycles. The Kier molecular flexibility index (Phi) is 4.46. The molecule has 2 unspecified atom stereocenters. The Morgan fingerprint density at radius 2 is 2.19 bits per heavy atom. The quantitative estimate of drug-likeness (QED) is 0.765. The average Bonchev–Trinajstić information content (AvgIpc) is 3.03. The number of carbonyl (C=O) groups is 1. The first-order valence-electron chi connectivity index (χ1n) is 8.67. The van der Waals surface area contributed by atoms with Crippen LogP contribution in [0.15, 0.2) is 23.0 Å². The van der Waals surface area contributed by atoms with Crippen LogP contribution in [-0.2, 0) is 16.0 Å². The third-order valence-corrected chi connectivity index (χ3v) is 5.11. The molecule has 3 N–H and O–H groups in total. The predicted octanol–water partition coefficient (Wildman–Crippen LogP) is 1.19. The molecular weight excluding hydrogens is 344 g/mol. The van der Waals surface area contributed by atoms with Gasteiger partial charge in [-0.25, -0.2) is 8.78 Å². The number of ether oxygens (including phenoxy) is 1. The number of fused-ring (bicyclic) bond motifs is 2. The molecule has 0 bridgehead atoms. The molecule has 1 aromatic carbocycles. The van der Waals surface area contributed by atoms with Crippen LogP contribution in [0.3, 0.4) is 0 Å². The van der Waals surface area contributed by atoms with Crippen LogP contribution < -0.4 is 16.2 Å². The molecule has 2 aliphatic rings. The Balaban J connectivity index is 1.51. The van der Waals surface area contributed by atoms with E-state index in [-0.39, 0.29) is 47.0 Å². The molecule has 0 saturated carbocycles. The molecule has 0 radical (unpaired) electrons. The molecule has 6 nitrogen and oxygen atoms in total. The summed E-state index contributed by atoms with van der Waals surface area (Å²) in [5.74, 6) is -2.18. The first-order chi connectivity index (χ1) is 12.5. The molecule has 8 heteroatoms. The van der Waals surface area contributed by atoms with Crippen LogP contribution in [0.4, 0.5) is 8.78 Å². The highest BCUT2D eigenvalue weighted by atomic mass is 19.2. The minimum atomic E-state index is -1.04. The Bertz CT molecular complexity index is 914. The van der Waals surface area contributed by atoms with Crippen LogP contribution in [0.25, 0.3) is 10.9 Å². The molecule has 4 rings (SSSR count). The molecule has 26 heavy (non-hydrogen) atoms. The second kappa shape index (κ2) is 6.77. The zero-order valence-electron chi connectivity index (χ0n) is 14.0. The Morgan fingerprint density at radius 1 is 1.35 bits per heavy atom. The largest absolute Gasteiger partial charge is 0.361 e. The topological polar surface area (TPSA) is 83.2 Å². The Hall–Kier alpha value is -2.32. The molecule has 2 aliphatic heterocycles. The number of aromatic amines is 1. The molecular formula is C18H19F2N3O3. The van der Waals surface area contributed by atoms with Gasteiger partial charge >= 0.3 is 0 Å². The van der Waals surface area contributed by atoms with Gasteiger partial charge < -0.3 is 15.0 Å². The average molecular weight is 363 g/mol. The second-order valence-corrected chi connectivity index (χ2v) is 6.81. The summed E-state index contributed by atoms with van der Waals surface area (Å²) in [5.41, 5.74) is -0.200. The summed E-state index contributed by atoms with van der Waals surface area (Å²) in [5, 5.41) is 6.12. The van der Waals surface area contributed by atoms with E-state index in [1.54, 1.807) is 0 Å². The smallest absolute Gasteiger partial charge is 0.252 e. The van der Waals surface area contributed by atoms with E-state index in [0.29, 0.717) is 6.61 Å². The van der Waals surface area contributed by atoms with Gasteiger partial charge in [0.2, 0.25) is 5.91 Å². The maximum atomic E-state index is 13.9. The number of amides is 1. The Labute approximate surface area is 147 Å². The number of benzene rings is 1. The summed E-state index contributed by atoms with van der Waals surface area (Å²) in [6, 6.07) is 3.37. The number of nitrogens with one attached hydrogen (secondary N) is 3. The van der Waals surface area contributed by atoms with Gasteiger partial charge in [-0.1, -0.05) is 0 Å². The third kappa shape index (κ3) is 3.10. The molecule has 2 fully saturated rings. The third-order valence-electron chi connectivity index (χ3n) is 5.11. The molecule has 3 atom stereocenters. The molecule has 1 aromatic heterocycles. The van der Waals surface area contributed by atoms with Crippen molar-refractivity contribution in [3.8, 4) is 0 Å². The first-order valence-corrected chi connectivity index (χ1v) is 8.67. The van der Waals surface area contributed by atoms with Gasteiger partial charge in [0.25, 0.3) is 5.56 Å². The van der Waals surface area contributed by atoms with Crippen molar-refractivity contribution in [2.45, 2.75) is 31.5 Å². The lowest BCUT2D eigenvalue weighted by Crippen LogP contribution is -2.47. The SMILES string of the molecule is O=C(Cc1cc2c(F)c(F)ccc2[nH]c1=O)N[C@@H]1COC2NCCCC21. The number of hydrogen-bond donors (Lipinski definition) is 3.